The SMILES string of the molecule is CNC(=O)NC(=O)CN[C@H](C)c1cccc2ccccc12. The highest BCUT2D eigenvalue weighted by molar-refractivity contribution is 5.95. The first-order valence-corrected chi connectivity index (χ1v) is 6.84. The Morgan fingerprint density at radius 3 is 2.57 bits per heavy atom. The molecule has 0 saturated carbocycles. The molecule has 0 aliphatic carbocycles. The summed E-state index contributed by atoms with van der Waals surface area (Å²) >= 11 is 0. The summed E-state index contributed by atoms with van der Waals surface area (Å²) in [4.78, 5) is 22.6. The average Bonchev–Trinajstić information content (AvgIpc) is 2.51. The van der Waals surface area contributed by atoms with Crippen molar-refractivity contribution in [2.24, 2.45) is 0 Å². The van der Waals surface area contributed by atoms with Crippen molar-refractivity contribution in [3.05, 3.63) is 48.0 Å². The molecule has 0 spiro atoms. The molecule has 0 aliphatic heterocycles. The minimum atomic E-state index is -0.500. The van der Waals surface area contributed by atoms with Gasteiger partial charge in [-0.2, -0.15) is 0 Å². The number of urea groups is 1. The topological polar surface area (TPSA) is 70.2 Å². The summed E-state index contributed by atoms with van der Waals surface area (Å²) in [5.41, 5.74) is 1.13. The molecular weight excluding hydrogens is 266 g/mol. The Bertz CT molecular complexity index is 650. The number of carbonyl (C=O) groups is 2. The van der Waals surface area contributed by atoms with Gasteiger partial charge in [0.05, 0.1) is 6.54 Å². The fourth-order valence-corrected chi connectivity index (χ4v) is 2.22. The van der Waals surface area contributed by atoms with Gasteiger partial charge in [0, 0.05) is 13.1 Å². The molecule has 0 unspecified atom stereocenters. The van der Waals surface area contributed by atoms with Gasteiger partial charge in [-0.05, 0) is 23.3 Å². The van der Waals surface area contributed by atoms with E-state index in [9.17, 15) is 9.59 Å². The Kier molecular flexibility index (Phi) is 4.90. The minimum Gasteiger partial charge on any atom is -0.341 e. The fourth-order valence-electron chi connectivity index (χ4n) is 2.22. The molecule has 0 fully saturated rings. The van der Waals surface area contributed by atoms with Crippen LogP contribution in [-0.4, -0.2) is 25.5 Å². The molecule has 110 valence electrons. The summed E-state index contributed by atoms with van der Waals surface area (Å²) < 4.78 is 0. The molecule has 0 saturated heterocycles. The molecule has 21 heavy (non-hydrogen) atoms. The van der Waals surface area contributed by atoms with E-state index in [0.29, 0.717) is 0 Å². The van der Waals surface area contributed by atoms with Crippen LogP contribution in [0.15, 0.2) is 42.5 Å². The first-order chi connectivity index (χ1) is 10.1. The van der Waals surface area contributed by atoms with Gasteiger partial charge in [0.25, 0.3) is 0 Å². The molecule has 1 atom stereocenters. The van der Waals surface area contributed by atoms with E-state index in [1.807, 2.05) is 31.2 Å². The van der Waals surface area contributed by atoms with Crippen LogP contribution >= 0.6 is 0 Å². The van der Waals surface area contributed by atoms with Gasteiger partial charge in [-0.25, -0.2) is 4.79 Å². The molecular formula is C16H19N3O2. The molecule has 0 aromatic heterocycles. The summed E-state index contributed by atoms with van der Waals surface area (Å²) in [6.07, 6.45) is 0. The second-order valence-electron chi connectivity index (χ2n) is 4.80. The number of carbonyl (C=O) groups excluding carboxylic acids is 2. The Hall–Kier alpha value is -2.40. The number of hydrogen-bond acceptors (Lipinski definition) is 3. The number of nitrogens with one attached hydrogen (secondary N) is 3. The zero-order valence-electron chi connectivity index (χ0n) is 12.1. The van der Waals surface area contributed by atoms with Crippen LogP contribution in [0.3, 0.4) is 0 Å². The van der Waals surface area contributed by atoms with Crippen molar-refractivity contribution in [2.75, 3.05) is 13.6 Å². The first-order valence-electron chi connectivity index (χ1n) is 6.84. The average molecular weight is 285 g/mol. The van der Waals surface area contributed by atoms with Gasteiger partial charge in [-0.3, -0.25) is 10.1 Å². The van der Waals surface area contributed by atoms with E-state index in [2.05, 4.69) is 34.1 Å². The molecule has 0 radical (unpaired) electrons. The first kappa shape index (κ1) is 15.0. The van der Waals surface area contributed by atoms with E-state index in [4.69, 9.17) is 0 Å². The van der Waals surface area contributed by atoms with E-state index in [1.165, 1.54) is 12.4 Å². The molecule has 0 heterocycles. The summed E-state index contributed by atoms with van der Waals surface area (Å²) in [7, 11) is 1.47. The second kappa shape index (κ2) is 6.85. The second-order valence-corrected chi connectivity index (χ2v) is 4.80. The van der Waals surface area contributed by atoms with Gasteiger partial charge in [0.15, 0.2) is 0 Å². The summed E-state index contributed by atoms with van der Waals surface area (Å²) in [5, 5.41) is 10.0. The van der Waals surface area contributed by atoms with Crippen LogP contribution in [0.2, 0.25) is 0 Å². The van der Waals surface area contributed by atoms with E-state index >= 15 is 0 Å². The highest BCUT2D eigenvalue weighted by atomic mass is 16.2. The highest BCUT2D eigenvalue weighted by Gasteiger charge is 2.11. The van der Waals surface area contributed by atoms with Gasteiger partial charge in [-0.1, -0.05) is 42.5 Å². The third-order valence-electron chi connectivity index (χ3n) is 3.34. The molecule has 0 aliphatic rings. The van der Waals surface area contributed by atoms with Crippen molar-refractivity contribution in [1.29, 1.82) is 0 Å². The van der Waals surface area contributed by atoms with Crippen LogP contribution in [0.4, 0.5) is 4.79 Å². The van der Waals surface area contributed by atoms with Gasteiger partial charge >= 0.3 is 6.03 Å². The predicted molar refractivity (Wildman–Crippen MR) is 83.0 cm³/mol. The summed E-state index contributed by atoms with van der Waals surface area (Å²) in [6.45, 7) is 2.08. The van der Waals surface area contributed by atoms with Crippen LogP contribution < -0.4 is 16.0 Å². The Balaban J connectivity index is 2.04. The van der Waals surface area contributed by atoms with E-state index < -0.39 is 6.03 Å². The largest absolute Gasteiger partial charge is 0.341 e. The van der Waals surface area contributed by atoms with Gasteiger partial charge in [-0.15, -0.1) is 0 Å². The van der Waals surface area contributed by atoms with Crippen LogP contribution in [-0.2, 0) is 4.79 Å². The van der Waals surface area contributed by atoms with Crippen LogP contribution in [0.5, 0.6) is 0 Å². The van der Waals surface area contributed by atoms with E-state index in [-0.39, 0.29) is 18.5 Å². The summed E-state index contributed by atoms with van der Waals surface area (Å²) in [5.74, 6) is -0.360. The smallest absolute Gasteiger partial charge is 0.321 e. The molecule has 5 heteroatoms. The normalized spacial score (nSPS) is 11.9. The third-order valence-corrected chi connectivity index (χ3v) is 3.34. The molecule has 0 bridgehead atoms. The number of benzene rings is 2. The number of fused-ring (bicyclic) bond motifs is 1. The Morgan fingerprint density at radius 1 is 1.10 bits per heavy atom. The number of imide groups is 1. The van der Waals surface area contributed by atoms with Gasteiger partial charge in [0.2, 0.25) is 5.91 Å². The predicted octanol–water partition coefficient (Wildman–Crippen LogP) is 1.95. The van der Waals surface area contributed by atoms with Crippen LogP contribution in [0.1, 0.15) is 18.5 Å². The van der Waals surface area contributed by atoms with E-state index in [1.54, 1.807) is 0 Å². The Labute approximate surface area is 123 Å². The molecule has 2 aromatic rings. The lowest BCUT2D eigenvalue weighted by molar-refractivity contribution is -0.119. The van der Waals surface area contributed by atoms with Crippen molar-refractivity contribution < 1.29 is 9.59 Å². The number of rotatable bonds is 4. The maximum atomic E-state index is 11.6. The molecule has 5 nitrogen and oxygen atoms in total. The molecule has 2 rings (SSSR count). The van der Waals surface area contributed by atoms with Crippen molar-refractivity contribution in [3.63, 3.8) is 0 Å². The van der Waals surface area contributed by atoms with Crippen molar-refractivity contribution in [1.82, 2.24) is 16.0 Å². The van der Waals surface area contributed by atoms with Gasteiger partial charge < -0.3 is 10.6 Å². The standard InChI is InChI=1S/C16H19N3O2/c1-11(18-10-15(20)19-16(21)17-2)13-9-5-7-12-6-3-4-8-14(12)13/h3-9,11,18H,10H2,1-2H3,(H2,17,19,20,21)/t11-/m1/s1. The molecule has 3 N–H and O–H groups in total. The van der Waals surface area contributed by atoms with Crippen molar-refractivity contribution in [2.45, 2.75) is 13.0 Å². The quantitative estimate of drug-likeness (QED) is 0.804. The summed E-state index contributed by atoms with van der Waals surface area (Å²) in [6, 6.07) is 13.7. The molecule has 3 amide bonds. The van der Waals surface area contributed by atoms with Gasteiger partial charge in [0.1, 0.15) is 0 Å². The van der Waals surface area contributed by atoms with Crippen LogP contribution in [0, 0.1) is 0 Å². The lowest BCUT2D eigenvalue weighted by atomic mass is 10.00. The minimum absolute atomic E-state index is 0.00605. The monoisotopic (exact) mass is 285 g/mol. The molecule has 2 aromatic carbocycles. The van der Waals surface area contributed by atoms with Crippen LogP contribution in [0.25, 0.3) is 10.8 Å². The lowest BCUT2D eigenvalue weighted by Gasteiger charge is -2.16. The third kappa shape index (κ3) is 3.79. The van der Waals surface area contributed by atoms with Crippen molar-refractivity contribution >= 4 is 22.7 Å². The van der Waals surface area contributed by atoms with E-state index in [0.717, 1.165) is 10.9 Å². The maximum absolute atomic E-state index is 11.6. The number of amides is 3. The zero-order valence-corrected chi connectivity index (χ0v) is 12.1. The zero-order chi connectivity index (χ0) is 15.2. The lowest BCUT2D eigenvalue weighted by Crippen LogP contribution is -2.42. The number of hydrogen-bond donors (Lipinski definition) is 3. The van der Waals surface area contributed by atoms with Crippen molar-refractivity contribution in [3.8, 4) is 0 Å². The fraction of sp³-hybridized carbons (Fsp3) is 0.250. The highest BCUT2D eigenvalue weighted by Crippen LogP contribution is 2.23. The maximum Gasteiger partial charge on any atom is 0.321 e. The Morgan fingerprint density at radius 2 is 1.81 bits per heavy atom.